The van der Waals surface area contributed by atoms with E-state index in [1.54, 1.807) is 51.7 Å². The number of hydrogen-bond acceptors (Lipinski definition) is 5. The monoisotopic (exact) mass is 299 g/mol. The predicted molar refractivity (Wildman–Crippen MR) is 81.6 cm³/mol. The third kappa shape index (κ3) is 3.41. The number of methoxy groups -OCH3 is 3. The Hall–Kier alpha value is -2.87. The van der Waals surface area contributed by atoms with Crippen LogP contribution in [0.2, 0.25) is 0 Å². The van der Waals surface area contributed by atoms with Crippen LogP contribution >= 0.6 is 0 Å². The summed E-state index contributed by atoms with van der Waals surface area (Å²) in [4.78, 5) is 0. The quantitative estimate of drug-likeness (QED) is 0.820. The van der Waals surface area contributed by atoms with Gasteiger partial charge in [-0.2, -0.15) is 5.26 Å². The second-order valence-electron chi connectivity index (χ2n) is 4.45. The van der Waals surface area contributed by atoms with Gasteiger partial charge >= 0.3 is 0 Å². The van der Waals surface area contributed by atoms with Gasteiger partial charge in [-0.3, -0.25) is 0 Å². The van der Waals surface area contributed by atoms with Crippen LogP contribution in [0.3, 0.4) is 0 Å². The molecule has 5 nitrogen and oxygen atoms in total. The molecule has 0 heterocycles. The second-order valence-corrected chi connectivity index (χ2v) is 4.45. The topological polar surface area (TPSA) is 60.7 Å². The number of ether oxygens (including phenoxy) is 4. The van der Waals surface area contributed by atoms with Crippen LogP contribution < -0.4 is 18.9 Å². The summed E-state index contributed by atoms with van der Waals surface area (Å²) in [6.45, 7) is 0.290. The summed E-state index contributed by atoms with van der Waals surface area (Å²) < 4.78 is 21.6. The average molecular weight is 299 g/mol. The Bertz CT molecular complexity index is 692. The van der Waals surface area contributed by atoms with Crippen molar-refractivity contribution in [3.8, 4) is 29.1 Å². The van der Waals surface area contributed by atoms with Crippen molar-refractivity contribution in [1.29, 1.82) is 5.26 Å². The highest BCUT2D eigenvalue weighted by atomic mass is 16.5. The molecule has 2 aromatic rings. The van der Waals surface area contributed by atoms with Crippen LogP contribution in [0.25, 0.3) is 0 Å². The summed E-state index contributed by atoms with van der Waals surface area (Å²) in [6.07, 6.45) is 0. The van der Waals surface area contributed by atoms with Gasteiger partial charge in [-0.15, -0.1) is 0 Å². The minimum atomic E-state index is 0.290. The first kappa shape index (κ1) is 15.5. The summed E-state index contributed by atoms with van der Waals surface area (Å²) in [5.41, 5.74) is 1.37. The number of nitriles is 1. The van der Waals surface area contributed by atoms with Crippen LogP contribution in [0.5, 0.6) is 23.0 Å². The molecule has 0 aliphatic heterocycles. The Morgan fingerprint density at radius 3 is 2.23 bits per heavy atom. The molecule has 0 saturated carbocycles. The molecule has 0 saturated heterocycles. The summed E-state index contributed by atoms with van der Waals surface area (Å²) in [5, 5.41) is 8.90. The molecular weight excluding hydrogens is 282 g/mol. The zero-order chi connectivity index (χ0) is 15.9. The molecule has 0 aliphatic rings. The van der Waals surface area contributed by atoms with Gasteiger partial charge in [-0.05, 0) is 24.3 Å². The first-order valence-corrected chi connectivity index (χ1v) is 6.63. The molecule has 114 valence electrons. The lowest BCUT2D eigenvalue weighted by atomic mass is 10.2. The molecule has 0 amide bonds. The summed E-state index contributed by atoms with van der Waals surface area (Å²) >= 11 is 0. The smallest absolute Gasteiger partial charge is 0.164 e. The molecule has 22 heavy (non-hydrogen) atoms. The van der Waals surface area contributed by atoms with Gasteiger partial charge in [-0.25, -0.2) is 0 Å². The molecule has 0 atom stereocenters. The zero-order valence-electron chi connectivity index (χ0n) is 12.8. The minimum absolute atomic E-state index is 0.290. The molecule has 2 rings (SSSR count). The molecule has 0 fully saturated rings. The van der Waals surface area contributed by atoms with Crippen LogP contribution in [0.1, 0.15) is 11.1 Å². The first-order valence-electron chi connectivity index (χ1n) is 6.63. The molecule has 5 heteroatoms. The fourth-order valence-electron chi connectivity index (χ4n) is 2.02. The van der Waals surface area contributed by atoms with Gasteiger partial charge in [0, 0.05) is 11.6 Å². The maximum absolute atomic E-state index is 8.90. The van der Waals surface area contributed by atoms with Gasteiger partial charge in [0.15, 0.2) is 11.5 Å². The standard InChI is InChI=1S/C17H17NO4/c1-19-15-9-17(21-3)16(20-2)8-13(15)11-22-14-6-4-5-12(7-14)10-18/h4-9H,11H2,1-3H3. The van der Waals surface area contributed by atoms with Crippen molar-refractivity contribution < 1.29 is 18.9 Å². The van der Waals surface area contributed by atoms with E-state index in [4.69, 9.17) is 24.2 Å². The Morgan fingerprint density at radius 1 is 0.909 bits per heavy atom. The summed E-state index contributed by atoms with van der Waals surface area (Å²) in [5.74, 6) is 2.47. The molecule has 0 N–H and O–H groups in total. The van der Waals surface area contributed by atoms with Crippen molar-refractivity contribution in [3.63, 3.8) is 0 Å². The summed E-state index contributed by atoms with van der Waals surface area (Å²) in [6, 6.07) is 12.6. The van der Waals surface area contributed by atoms with Crippen LogP contribution in [0.15, 0.2) is 36.4 Å². The Labute approximate surface area is 129 Å². The lowest BCUT2D eigenvalue weighted by Crippen LogP contribution is -2.01. The van der Waals surface area contributed by atoms with E-state index in [2.05, 4.69) is 6.07 Å². The fraction of sp³-hybridized carbons (Fsp3) is 0.235. The predicted octanol–water partition coefficient (Wildman–Crippen LogP) is 3.16. The minimum Gasteiger partial charge on any atom is -0.496 e. The number of nitrogens with zero attached hydrogens (tertiary/aromatic N) is 1. The Morgan fingerprint density at radius 2 is 1.59 bits per heavy atom. The Kier molecular flexibility index (Phi) is 5.10. The van der Waals surface area contributed by atoms with Crippen molar-refractivity contribution in [1.82, 2.24) is 0 Å². The highest BCUT2D eigenvalue weighted by molar-refractivity contribution is 5.50. The maximum atomic E-state index is 8.90. The van der Waals surface area contributed by atoms with E-state index in [9.17, 15) is 0 Å². The molecule has 2 aromatic carbocycles. The van der Waals surface area contributed by atoms with Gasteiger partial charge in [-0.1, -0.05) is 6.07 Å². The van der Waals surface area contributed by atoms with Gasteiger partial charge in [0.1, 0.15) is 18.1 Å². The molecule has 0 radical (unpaired) electrons. The highest BCUT2D eigenvalue weighted by Crippen LogP contribution is 2.35. The van der Waals surface area contributed by atoms with E-state index in [-0.39, 0.29) is 0 Å². The highest BCUT2D eigenvalue weighted by Gasteiger charge is 2.12. The molecule has 0 unspecified atom stereocenters. The van der Waals surface area contributed by atoms with E-state index >= 15 is 0 Å². The third-order valence-corrected chi connectivity index (χ3v) is 3.14. The molecule has 0 aromatic heterocycles. The van der Waals surface area contributed by atoms with Gasteiger partial charge in [0.2, 0.25) is 0 Å². The van der Waals surface area contributed by atoms with Crippen molar-refractivity contribution in [2.45, 2.75) is 6.61 Å². The van der Waals surface area contributed by atoms with Crippen LogP contribution in [-0.2, 0) is 6.61 Å². The van der Waals surface area contributed by atoms with E-state index in [1.165, 1.54) is 0 Å². The SMILES string of the molecule is COc1cc(OC)c(OC)cc1COc1cccc(C#N)c1. The van der Waals surface area contributed by atoms with E-state index in [0.29, 0.717) is 35.2 Å². The molecule has 0 bridgehead atoms. The number of rotatable bonds is 6. The van der Waals surface area contributed by atoms with Crippen LogP contribution in [-0.4, -0.2) is 21.3 Å². The normalized spacial score (nSPS) is 9.73. The van der Waals surface area contributed by atoms with Crippen molar-refractivity contribution in [2.24, 2.45) is 0 Å². The van der Waals surface area contributed by atoms with Crippen LogP contribution in [0.4, 0.5) is 0 Å². The van der Waals surface area contributed by atoms with E-state index in [0.717, 1.165) is 5.56 Å². The van der Waals surface area contributed by atoms with Gasteiger partial charge in [0.25, 0.3) is 0 Å². The van der Waals surface area contributed by atoms with E-state index < -0.39 is 0 Å². The van der Waals surface area contributed by atoms with E-state index in [1.807, 2.05) is 6.07 Å². The van der Waals surface area contributed by atoms with Crippen molar-refractivity contribution in [3.05, 3.63) is 47.5 Å². The average Bonchev–Trinajstić information content (AvgIpc) is 2.59. The number of hydrogen-bond donors (Lipinski definition) is 0. The second kappa shape index (κ2) is 7.23. The molecular formula is C17H17NO4. The third-order valence-electron chi connectivity index (χ3n) is 3.14. The Balaban J connectivity index is 2.23. The van der Waals surface area contributed by atoms with Gasteiger partial charge < -0.3 is 18.9 Å². The van der Waals surface area contributed by atoms with Gasteiger partial charge in [0.05, 0.1) is 33.0 Å². The maximum Gasteiger partial charge on any atom is 0.164 e. The number of benzene rings is 2. The molecule has 0 spiro atoms. The van der Waals surface area contributed by atoms with Crippen molar-refractivity contribution in [2.75, 3.05) is 21.3 Å². The fourth-order valence-corrected chi connectivity index (χ4v) is 2.02. The summed E-state index contributed by atoms with van der Waals surface area (Å²) in [7, 11) is 4.73. The lowest BCUT2D eigenvalue weighted by Gasteiger charge is -2.14. The largest absolute Gasteiger partial charge is 0.496 e. The first-order chi connectivity index (χ1) is 10.7. The van der Waals surface area contributed by atoms with Crippen molar-refractivity contribution >= 4 is 0 Å². The zero-order valence-corrected chi connectivity index (χ0v) is 12.8. The lowest BCUT2D eigenvalue weighted by molar-refractivity contribution is 0.293. The molecule has 0 aliphatic carbocycles. The van der Waals surface area contributed by atoms with Crippen LogP contribution in [0, 0.1) is 11.3 Å².